The minimum Gasteiger partial charge on any atom is -0.493 e. The van der Waals surface area contributed by atoms with Crippen molar-refractivity contribution in [2.75, 3.05) is 6.26 Å². The van der Waals surface area contributed by atoms with E-state index in [-0.39, 0.29) is 17.4 Å². The molecule has 0 radical (unpaired) electrons. The largest absolute Gasteiger partial charge is 0.493 e. The topological polar surface area (TPSA) is 66.0 Å². The van der Waals surface area contributed by atoms with Crippen LogP contribution in [0.3, 0.4) is 0 Å². The molecule has 2 N–H and O–H groups in total. The zero-order valence-corrected chi connectivity index (χ0v) is 12.7. The molecule has 1 saturated carbocycles. The van der Waals surface area contributed by atoms with E-state index in [9.17, 15) is 9.90 Å². The van der Waals surface area contributed by atoms with Crippen molar-refractivity contribution in [3.05, 3.63) is 40.2 Å². The number of rotatable bonds is 3. The van der Waals surface area contributed by atoms with Crippen LogP contribution in [0.4, 0.5) is 0 Å². The van der Waals surface area contributed by atoms with Crippen molar-refractivity contribution in [3.63, 3.8) is 0 Å². The fraction of sp³-hybridized carbons (Fsp3) is 0.375. The number of thioether (sulfide) groups is 1. The number of nitrogens with one attached hydrogen (secondary N) is 1. The first-order valence-electron chi connectivity index (χ1n) is 7.16. The fourth-order valence-corrected chi connectivity index (χ4v) is 3.35. The second kappa shape index (κ2) is 5.93. The van der Waals surface area contributed by atoms with Crippen LogP contribution in [0.15, 0.2) is 34.0 Å². The Morgan fingerprint density at radius 1 is 1.24 bits per heavy atom. The summed E-state index contributed by atoms with van der Waals surface area (Å²) in [4.78, 5) is 20.4. The normalized spacial score (nSPS) is 15.5. The molecule has 110 valence electrons. The van der Waals surface area contributed by atoms with Crippen molar-refractivity contribution in [3.8, 4) is 17.3 Å². The lowest BCUT2D eigenvalue weighted by Gasteiger charge is -2.11. The Bertz CT molecular complexity index is 688. The molecule has 0 aliphatic heterocycles. The molecule has 1 aliphatic rings. The lowest BCUT2D eigenvalue weighted by Crippen LogP contribution is -2.17. The Labute approximate surface area is 127 Å². The summed E-state index contributed by atoms with van der Waals surface area (Å²) in [5.74, 6) is 0.454. The number of benzene rings is 1. The molecule has 3 rings (SSSR count). The van der Waals surface area contributed by atoms with E-state index in [1.54, 1.807) is 11.8 Å². The van der Waals surface area contributed by atoms with Crippen LogP contribution < -0.4 is 5.56 Å². The summed E-state index contributed by atoms with van der Waals surface area (Å²) in [6.45, 7) is 0. The Hall–Kier alpha value is -1.75. The second-order valence-corrected chi connectivity index (χ2v) is 6.24. The van der Waals surface area contributed by atoms with Gasteiger partial charge in [0.2, 0.25) is 5.88 Å². The third-order valence-corrected chi connectivity index (χ3v) is 4.81. The van der Waals surface area contributed by atoms with E-state index < -0.39 is 0 Å². The number of H-pyrrole nitrogens is 1. The maximum absolute atomic E-state index is 12.3. The lowest BCUT2D eigenvalue weighted by atomic mass is 10.00. The van der Waals surface area contributed by atoms with Gasteiger partial charge in [-0.1, -0.05) is 25.0 Å². The van der Waals surface area contributed by atoms with Crippen LogP contribution in [-0.4, -0.2) is 21.3 Å². The lowest BCUT2D eigenvalue weighted by molar-refractivity contribution is 0.436. The molecular weight excluding hydrogens is 284 g/mol. The van der Waals surface area contributed by atoms with E-state index in [1.807, 2.05) is 30.5 Å². The number of hydrogen-bond donors (Lipinski definition) is 2. The van der Waals surface area contributed by atoms with Crippen molar-refractivity contribution in [2.45, 2.75) is 36.5 Å². The Morgan fingerprint density at radius 3 is 2.48 bits per heavy atom. The van der Waals surface area contributed by atoms with Gasteiger partial charge in [0.05, 0.1) is 5.56 Å². The summed E-state index contributed by atoms with van der Waals surface area (Å²) in [5.41, 5.74) is 1.05. The van der Waals surface area contributed by atoms with Gasteiger partial charge < -0.3 is 10.1 Å². The van der Waals surface area contributed by atoms with Crippen LogP contribution in [0, 0.1) is 0 Å². The van der Waals surface area contributed by atoms with Crippen LogP contribution >= 0.6 is 11.8 Å². The van der Waals surface area contributed by atoms with Gasteiger partial charge in [0.1, 0.15) is 5.82 Å². The van der Waals surface area contributed by atoms with E-state index in [4.69, 9.17) is 0 Å². The van der Waals surface area contributed by atoms with Crippen LogP contribution in [0.5, 0.6) is 5.88 Å². The maximum Gasteiger partial charge on any atom is 0.258 e. The number of aromatic amines is 1. The summed E-state index contributed by atoms with van der Waals surface area (Å²) < 4.78 is 0. The van der Waals surface area contributed by atoms with E-state index in [2.05, 4.69) is 9.97 Å². The smallest absolute Gasteiger partial charge is 0.258 e. The van der Waals surface area contributed by atoms with Crippen molar-refractivity contribution < 1.29 is 5.11 Å². The Kier molecular flexibility index (Phi) is 4.01. The highest BCUT2D eigenvalue weighted by atomic mass is 32.2. The van der Waals surface area contributed by atoms with Crippen LogP contribution in [0.1, 0.15) is 37.2 Å². The van der Waals surface area contributed by atoms with E-state index >= 15 is 0 Å². The summed E-state index contributed by atoms with van der Waals surface area (Å²) in [6.07, 6.45) is 6.15. The molecule has 0 bridgehead atoms. The minimum atomic E-state index is -0.210. The SMILES string of the molecule is CSc1ccc(-c2nc(O)c(C3CCCC3)c(=O)[nH]2)cc1. The van der Waals surface area contributed by atoms with Crippen LogP contribution in [-0.2, 0) is 0 Å². The summed E-state index contributed by atoms with van der Waals surface area (Å²) in [6, 6.07) is 7.75. The highest BCUT2D eigenvalue weighted by molar-refractivity contribution is 7.98. The van der Waals surface area contributed by atoms with E-state index in [1.165, 1.54) is 0 Å². The maximum atomic E-state index is 12.3. The van der Waals surface area contributed by atoms with Gasteiger partial charge in [0.15, 0.2) is 0 Å². The van der Waals surface area contributed by atoms with Gasteiger partial charge in [0, 0.05) is 10.5 Å². The average Bonchev–Trinajstić information content (AvgIpc) is 3.00. The highest BCUT2D eigenvalue weighted by Crippen LogP contribution is 2.36. The second-order valence-electron chi connectivity index (χ2n) is 5.36. The molecule has 0 unspecified atom stereocenters. The third kappa shape index (κ3) is 2.83. The summed E-state index contributed by atoms with van der Waals surface area (Å²) >= 11 is 1.66. The molecule has 1 aliphatic carbocycles. The quantitative estimate of drug-likeness (QED) is 0.851. The van der Waals surface area contributed by atoms with Gasteiger partial charge in [-0.2, -0.15) is 4.98 Å². The first-order chi connectivity index (χ1) is 10.2. The number of aromatic nitrogens is 2. The molecule has 4 nitrogen and oxygen atoms in total. The standard InChI is InChI=1S/C16H18N2O2S/c1-21-12-8-6-11(7-9-12)14-17-15(19)13(16(20)18-14)10-4-2-3-5-10/h6-10H,2-5H2,1H3,(H2,17,18,19,20). The predicted octanol–water partition coefficient (Wildman–Crippen LogP) is 3.52. The van der Waals surface area contributed by atoms with E-state index in [0.717, 1.165) is 36.1 Å². The van der Waals surface area contributed by atoms with Gasteiger partial charge >= 0.3 is 0 Å². The Balaban J connectivity index is 1.99. The first-order valence-corrected chi connectivity index (χ1v) is 8.39. The van der Waals surface area contributed by atoms with Gasteiger partial charge in [-0.05, 0) is 37.1 Å². The van der Waals surface area contributed by atoms with Crippen LogP contribution in [0.2, 0.25) is 0 Å². The van der Waals surface area contributed by atoms with Crippen molar-refractivity contribution in [2.24, 2.45) is 0 Å². The molecule has 1 aromatic carbocycles. The molecule has 1 aromatic heterocycles. The van der Waals surface area contributed by atoms with Crippen molar-refractivity contribution >= 4 is 11.8 Å². The summed E-state index contributed by atoms with van der Waals surface area (Å²) in [7, 11) is 0. The van der Waals surface area contributed by atoms with Gasteiger partial charge in [-0.25, -0.2) is 0 Å². The molecule has 0 atom stereocenters. The average molecular weight is 302 g/mol. The fourth-order valence-electron chi connectivity index (χ4n) is 2.94. The molecule has 1 heterocycles. The molecular formula is C16H18N2O2S. The third-order valence-electron chi connectivity index (χ3n) is 4.06. The minimum absolute atomic E-state index is 0.116. The van der Waals surface area contributed by atoms with Crippen molar-refractivity contribution in [1.82, 2.24) is 9.97 Å². The molecule has 0 spiro atoms. The van der Waals surface area contributed by atoms with Gasteiger partial charge in [-0.3, -0.25) is 4.79 Å². The number of nitrogens with zero attached hydrogens (tertiary/aromatic N) is 1. The zero-order chi connectivity index (χ0) is 14.8. The molecule has 0 amide bonds. The number of aromatic hydroxyl groups is 1. The monoisotopic (exact) mass is 302 g/mol. The van der Waals surface area contributed by atoms with E-state index in [0.29, 0.717) is 11.4 Å². The zero-order valence-electron chi connectivity index (χ0n) is 11.9. The number of hydrogen-bond acceptors (Lipinski definition) is 4. The molecule has 0 saturated heterocycles. The highest BCUT2D eigenvalue weighted by Gasteiger charge is 2.24. The molecule has 21 heavy (non-hydrogen) atoms. The van der Waals surface area contributed by atoms with Gasteiger partial charge in [0.25, 0.3) is 5.56 Å². The van der Waals surface area contributed by atoms with Gasteiger partial charge in [-0.15, -0.1) is 11.8 Å². The van der Waals surface area contributed by atoms with Crippen molar-refractivity contribution in [1.29, 1.82) is 0 Å². The predicted molar refractivity (Wildman–Crippen MR) is 84.9 cm³/mol. The summed E-state index contributed by atoms with van der Waals surface area (Å²) in [5, 5.41) is 10.2. The first kappa shape index (κ1) is 14.2. The molecule has 1 fully saturated rings. The van der Waals surface area contributed by atoms with Crippen LogP contribution in [0.25, 0.3) is 11.4 Å². The molecule has 5 heteroatoms. The Morgan fingerprint density at radius 2 is 1.90 bits per heavy atom. The molecule has 2 aromatic rings.